The predicted octanol–water partition coefficient (Wildman–Crippen LogP) is -1.35. The maximum absolute atomic E-state index is 12.0. The molecule has 0 spiro atoms. The smallest absolute Gasteiger partial charge is 0.328 e. The van der Waals surface area contributed by atoms with Crippen molar-refractivity contribution in [2.75, 3.05) is 32.0 Å². The van der Waals surface area contributed by atoms with Crippen molar-refractivity contribution >= 4 is 17.8 Å². The van der Waals surface area contributed by atoms with Crippen LogP contribution in [0.15, 0.2) is 6.33 Å². The molecule has 1 saturated heterocycles. The number of anilines is 1. The topological polar surface area (TPSA) is 113 Å². The van der Waals surface area contributed by atoms with Gasteiger partial charge in [0, 0.05) is 13.1 Å². The number of carbonyl (C=O) groups is 2. The fourth-order valence-electron chi connectivity index (χ4n) is 1.84. The number of esters is 1. The van der Waals surface area contributed by atoms with E-state index < -0.39 is 12.1 Å². The van der Waals surface area contributed by atoms with E-state index in [-0.39, 0.29) is 18.4 Å². The van der Waals surface area contributed by atoms with Gasteiger partial charge in [0.05, 0.1) is 13.2 Å². The third-order valence-corrected chi connectivity index (χ3v) is 2.82. The van der Waals surface area contributed by atoms with Crippen LogP contribution in [0.1, 0.15) is 6.92 Å². The van der Waals surface area contributed by atoms with Crippen LogP contribution in [-0.4, -0.2) is 63.9 Å². The van der Waals surface area contributed by atoms with Crippen molar-refractivity contribution in [3.05, 3.63) is 6.33 Å². The quantitative estimate of drug-likeness (QED) is 0.680. The highest BCUT2D eigenvalue weighted by molar-refractivity contribution is 5.83. The molecule has 0 aromatic carbocycles. The first-order valence-electron chi connectivity index (χ1n) is 6.27. The number of rotatable bonds is 4. The zero-order chi connectivity index (χ0) is 14.5. The van der Waals surface area contributed by atoms with Gasteiger partial charge >= 0.3 is 5.97 Å². The van der Waals surface area contributed by atoms with E-state index in [1.165, 1.54) is 11.0 Å². The highest BCUT2D eigenvalue weighted by Crippen LogP contribution is 2.04. The van der Waals surface area contributed by atoms with Crippen molar-refractivity contribution in [1.82, 2.24) is 19.7 Å². The Morgan fingerprint density at radius 1 is 1.50 bits per heavy atom. The number of nitrogens with two attached hydrogens (primary N) is 1. The van der Waals surface area contributed by atoms with Crippen LogP contribution in [0.25, 0.3) is 0 Å². The SMILES string of the molecule is CC(OC(=O)Cn1cnc(N)n1)C(=O)N1CCOCC1. The van der Waals surface area contributed by atoms with Crippen molar-refractivity contribution in [1.29, 1.82) is 0 Å². The molecule has 1 amide bonds. The van der Waals surface area contributed by atoms with Crippen LogP contribution in [0.3, 0.4) is 0 Å². The summed E-state index contributed by atoms with van der Waals surface area (Å²) in [5, 5.41) is 3.76. The van der Waals surface area contributed by atoms with Gasteiger partial charge in [-0.2, -0.15) is 0 Å². The summed E-state index contributed by atoms with van der Waals surface area (Å²) in [6, 6.07) is 0. The molecule has 0 aliphatic carbocycles. The molecule has 9 nitrogen and oxygen atoms in total. The largest absolute Gasteiger partial charge is 0.451 e. The lowest BCUT2D eigenvalue weighted by Gasteiger charge is -2.28. The van der Waals surface area contributed by atoms with E-state index in [4.69, 9.17) is 15.2 Å². The summed E-state index contributed by atoms with van der Waals surface area (Å²) in [5.41, 5.74) is 5.33. The van der Waals surface area contributed by atoms with E-state index in [0.29, 0.717) is 26.3 Å². The third kappa shape index (κ3) is 3.67. The molecule has 1 unspecified atom stereocenters. The lowest BCUT2D eigenvalue weighted by atomic mass is 10.3. The molecule has 0 radical (unpaired) electrons. The Morgan fingerprint density at radius 3 is 2.80 bits per heavy atom. The second kappa shape index (κ2) is 6.33. The monoisotopic (exact) mass is 283 g/mol. The van der Waals surface area contributed by atoms with Crippen LogP contribution in [-0.2, 0) is 25.6 Å². The van der Waals surface area contributed by atoms with Crippen LogP contribution in [0, 0.1) is 0 Å². The van der Waals surface area contributed by atoms with Crippen molar-refractivity contribution in [3.63, 3.8) is 0 Å². The first kappa shape index (κ1) is 14.3. The molecular formula is C11H17N5O4. The lowest BCUT2D eigenvalue weighted by molar-refractivity contribution is -0.161. The number of aromatic nitrogens is 3. The normalized spacial score (nSPS) is 16.8. The number of hydrogen-bond donors (Lipinski definition) is 1. The van der Waals surface area contributed by atoms with Crippen molar-refractivity contribution in [2.24, 2.45) is 0 Å². The fraction of sp³-hybridized carbons (Fsp3) is 0.636. The molecule has 1 aromatic heterocycles. The molecule has 20 heavy (non-hydrogen) atoms. The van der Waals surface area contributed by atoms with E-state index >= 15 is 0 Å². The summed E-state index contributed by atoms with van der Waals surface area (Å²) in [6.45, 7) is 3.45. The van der Waals surface area contributed by atoms with Gasteiger partial charge in [-0.25, -0.2) is 9.67 Å². The van der Waals surface area contributed by atoms with Crippen LogP contribution in [0.5, 0.6) is 0 Å². The van der Waals surface area contributed by atoms with Crippen molar-refractivity contribution < 1.29 is 19.1 Å². The van der Waals surface area contributed by atoms with Crippen LogP contribution in [0.2, 0.25) is 0 Å². The van der Waals surface area contributed by atoms with Crippen LogP contribution in [0.4, 0.5) is 5.95 Å². The summed E-state index contributed by atoms with van der Waals surface area (Å²) >= 11 is 0. The number of morpholine rings is 1. The minimum absolute atomic E-state index is 0.0789. The van der Waals surface area contributed by atoms with Gasteiger partial charge in [0.25, 0.3) is 5.91 Å². The van der Waals surface area contributed by atoms with Gasteiger partial charge < -0.3 is 20.1 Å². The number of amides is 1. The van der Waals surface area contributed by atoms with Gasteiger partial charge in [-0.1, -0.05) is 0 Å². The summed E-state index contributed by atoms with van der Waals surface area (Å²) in [7, 11) is 0. The van der Waals surface area contributed by atoms with Gasteiger partial charge in [-0.05, 0) is 6.92 Å². The molecule has 1 fully saturated rings. The molecule has 0 saturated carbocycles. The van der Waals surface area contributed by atoms with Gasteiger partial charge in [-0.15, -0.1) is 5.10 Å². The number of hydrogen-bond acceptors (Lipinski definition) is 7. The Kier molecular flexibility index (Phi) is 4.51. The zero-order valence-electron chi connectivity index (χ0n) is 11.2. The molecule has 0 bridgehead atoms. The second-order valence-electron chi connectivity index (χ2n) is 4.37. The number of nitrogen functional groups attached to an aromatic ring is 1. The van der Waals surface area contributed by atoms with E-state index in [1.807, 2.05) is 0 Å². The molecule has 2 heterocycles. The average Bonchev–Trinajstić information content (AvgIpc) is 2.84. The van der Waals surface area contributed by atoms with E-state index in [1.54, 1.807) is 11.8 Å². The van der Waals surface area contributed by atoms with Gasteiger partial charge in [0.1, 0.15) is 12.9 Å². The second-order valence-corrected chi connectivity index (χ2v) is 4.37. The van der Waals surface area contributed by atoms with E-state index in [0.717, 1.165) is 0 Å². The molecule has 1 aliphatic rings. The summed E-state index contributed by atoms with van der Waals surface area (Å²) in [4.78, 5) is 29.0. The average molecular weight is 283 g/mol. The summed E-state index contributed by atoms with van der Waals surface area (Å²) < 4.78 is 11.5. The Labute approximate surface area is 115 Å². The first-order valence-corrected chi connectivity index (χ1v) is 6.27. The number of carbonyl (C=O) groups excluding carboxylic acids is 2. The number of ether oxygens (including phenoxy) is 2. The summed E-state index contributed by atoms with van der Waals surface area (Å²) in [6.07, 6.45) is 0.492. The molecular weight excluding hydrogens is 266 g/mol. The van der Waals surface area contributed by atoms with Gasteiger partial charge in [-0.3, -0.25) is 9.59 Å². The van der Waals surface area contributed by atoms with E-state index in [9.17, 15) is 9.59 Å². The Balaban J connectivity index is 1.82. The van der Waals surface area contributed by atoms with Gasteiger partial charge in [0.15, 0.2) is 6.10 Å². The molecule has 9 heteroatoms. The number of nitrogens with zero attached hydrogens (tertiary/aromatic N) is 4. The van der Waals surface area contributed by atoms with Crippen molar-refractivity contribution in [2.45, 2.75) is 19.6 Å². The first-order chi connectivity index (χ1) is 9.56. The highest BCUT2D eigenvalue weighted by Gasteiger charge is 2.25. The predicted molar refractivity (Wildman–Crippen MR) is 67.4 cm³/mol. The molecule has 2 N–H and O–H groups in total. The molecule has 1 atom stereocenters. The minimum atomic E-state index is -0.832. The van der Waals surface area contributed by atoms with Crippen LogP contribution < -0.4 is 5.73 Å². The maximum Gasteiger partial charge on any atom is 0.328 e. The zero-order valence-corrected chi connectivity index (χ0v) is 11.2. The molecule has 2 rings (SSSR count). The standard InChI is InChI=1S/C11H17N5O4/c1-8(10(18)15-2-4-19-5-3-15)20-9(17)6-16-7-13-11(12)14-16/h7-8H,2-6H2,1H3,(H2,12,14). The van der Waals surface area contributed by atoms with Crippen molar-refractivity contribution in [3.8, 4) is 0 Å². The third-order valence-electron chi connectivity index (χ3n) is 2.82. The molecule has 1 aromatic rings. The Morgan fingerprint density at radius 2 is 2.20 bits per heavy atom. The Bertz CT molecular complexity index is 483. The maximum atomic E-state index is 12.0. The highest BCUT2D eigenvalue weighted by atomic mass is 16.5. The Hall–Kier alpha value is -2.16. The fourth-order valence-corrected chi connectivity index (χ4v) is 1.84. The minimum Gasteiger partial charge on any atom is -0.451 e. The molecule has 110 valence electrons. The molecule has 1 aliphatic heterocycles. The lowest BCUT2D eigenvalue weighted by Crippen LogP contribution is -2.46. The summed E-state index contributed by atoms with van der Waals surface area (Å²) in [5.74, 6) is -0.709. The van der Waals surface area contributed by atoms with E-state index in [2.05, 4.69) is 10.1 Å². The van der Waals surface area contributed by atoms with Crippen LogP contribution >= 0.6 is 0 Å². The van der Waals surface area contributed by atoms with Gasteiger partial charge in [0.2, 0.25) is 5.95 Å².